The van der Waals surface area contributed by atoms with Gasteiger partial charge in [0.15, 0.2) is 5.75 Å². The van der Waals surface area contributed by atoms with E-state index in [2.05, 4.69) is 11.5 Å². The Hall–Kier alpha value is -2.01. The van der Waals surface area contributed by atoms with Crippen LogP contribution in [0.2, 0.25) is 0 Å². The summed E-state index contributed by atoms with van der Waals surface area (Å²) in [6, 6.07) is 7.24. The minimum atomic E-state index is -0.362. The lowest BCUT2D eigenvalue weighted by atomic mass is 10.2. The first-order chi connectivity index (χ1) is 10.3. The first-order valence-corrected chi connectivity index (χ1v) is 6.99. The highest BCUT2D eigenvalue weighted by Crippen LogP contribution is 2.17. The van der Waals surface area contributed by atoms with Gasteiger partial charge in [-0.2, -0.15) is 4.89 Å². The van der Waals surface area contributed by atoms with Crippen LogP contribution in [0.25, 0.3) is 0 Å². The van der Waals surface area contributed by atoms with Crippen LogP contribution in [0.5, 0.6) is 11.5 Å². The largest absolute Gasteiger partial charge is 0.494 e. The Morgan fingerprint density at radius 2 is 1.67 bits per heavy atom. The van der Waals surface area contributed by atoms with Crippen molar-refractivity contribution in [2.45, 2.75) is 25.7 Å². The second kappa shape index (κ2) is 10.7. The molecule has 0 aliphatic rings. The predicted octanol–water partition coefficient (Wildman–Crippen LogP) is 3.30. The van der Waals surface area contributed by atoms with E-state index in [9.17, 15) is 4.79 Å². The van der Waals surface area contributed by atoms with E-state index in [0.29, 0.717) is 19.0 Å². The summed E-state index contributed by atoms with van der Waals surface area (Å²) in [6.45, 7) is 4.45. The molecule has 0 bridgehead atoms. The molecule has 0 N–H and O–H groups in total. The van der Waals surface area contributed by atoms with E-state index < -0.39 is 0 Å². The highest BCUT2D eigenvalue weighted by atomic mass is 17.2. The third-order valence-electron chi connectivity index (χ3n) is 2.72. The van der Waals surface area contributed by atoms with Crippen molar-refractivity contribution in [3.8, 4) is 11.5 Å². The lowest BCUT2D eigenvalue weighted by Crippen LogP contribution is -2.02. The fourth-order valence-electron chi connectivity index (χ4n) is 1.67. The molecule has 0 fully saturated rings. The SMILES string of the molecule is C=CC(=O)OCCCCCCOc1ccc(OOC)cc1. The molecule has 0 aliphatic carbocycles. The van der Waals surface area contributed by atoms with Crippen LogP contribution >= 0.6 is 0 Å². The summed E-state index contributed by atoms with van der Waals surface area (Å²) in [4.78, 5) is 20.2. The zero-order valence-electron chi connectivity index (χ0n) is 12.4. The number of benzene rings is 1. The Labute approximate surface area is 125 Å². The molecule has 0 amide bonds. The smallest absolute Gasteiger partial charge is 0.330 e. The molecule has 0 aromatic heterocycles. The summed E-state index contributed by atoms with van der Waals surface area (Å²) in [7, 11) is 1.46. The van der Waals surface area contributed by atoms with Crippen molar-refractivity contribution in [2.24, 2.45) is 0 Å². The van der Waals surface area contributed by atoms with Gasteiger partial charge >= 0.3 is 5.97 Å². The van der Waals surface area contributed by atoms with Crippen molar-refractivity contribution in [1.29, 1.82) is 0 Å². The highest BCUT2D eigenvalue weighted by molar-refractivity contribution is 5.81. The van der Waals surface area contributed by atoms with Crippen molar-refractivity contribution in [2.75, 3.05) is 20.3 Å². The number of carbonyl (C=O) groups excluding carboxylic acids is 1. The predicted molar refractivity (Wildman–Crippen MR) is 79.2 cm³/mol. The van der Waals surface area contributed by atoms with Gasteiger partial charge in [-0.15, -0.1) is 0 Å². The van der Waals surface area contributed by atoms with Crippen LogP contribution in [-0.4, -0.2) is 26.3 Å². The van der Waals surface area contributed by atoms with Gasteiger partial charge in [-0.05, 0) is 49.9 Å². The van der Waals surface area contributed by atoms with Gasteiger partial charge in [-0.1, -0.05) is 6.58 Å². The second-order valence-electron chi connectivity index (χ2n) is 4.36. The third-order valence-corrected chi connectivity index (χ3v) is 2.72. The molecule has 0 unspecified atom stereocenters. The first kappa shape index (κ1) is 17.0. The van der Waals surface area contributed by atoms with Crippen molar-refractivity contribution in [1.82, 2.24) is 0 Å². The molecular formula is C16H22O5. The van der Waals surface area contributed by atoms with Crippen LogP contribution in [0.1, 0.15) is 25.7 Å². The number of esters is 1. The molecule has 1 aromatic carbocycles. The molecule has 21 heavy (non-hydrogen) atoms. The van der Waals surface area contributed by atoms with Gasteiger partial charge in [0, 0.05) is 6.08 Å². The molecule has 0 saturated heterocycles. The van der Waals surface area contributed by atoms with E-state index in [0.717, 1.165) is 31.4 Å². The number of unbranched alkanes of at least 4 members (excludes halogenated alkanes) is 3. The molecule has 1 aromatic rings. The van der Waals surface area contributed by atoms with Crippen LogP contribution in [0, 0.1) is 0 Å². The number of ether oxygens (including phenoxy) is 2. The Balaban J connectivity index is 2.01. The highest BCUT2D eigenvalue weighted by Gasteiger charge is 1.98. The van der Waals surface area contributed by atoms with Crippen molar-refractivity contribution in [3.05, 3.63) is 36.9 Å². The summed E-state index contributed by atoms with van der Waals surface area (Å²) < 4.78 is 10.5. The van der Waals surface area contributed by atoms with Gasteiger partial charge in [0.25, 0.3) is 0 Å². The van der Waals surface area contributed by atoms with Crippen molar-refractivity contribution >= 4 is 5.97 Å². The quantitative estimate of drug-likeness (QED) is 0.206. The van der Waals surface area contributed by atoms with Crippen LogP contribution < -0.4 is 9.62 Å². The summed E-state index contributed by atoms with van der Waals surface area (Å²) in [5.74, 6) is 1.08. The maximum atomic E-state index is 10.8. The van der Waals surface area contributed by atoms with E-state index in [1.54, 1.807) is 12.1 Å². The molecule has 5 heteroatoms. The Morgan fingerprint density at radius 1 is 1.05 bits per heavy atom. The maximum absolute atomic E-state index is 10.8. The summed E-state index contributed by atoms with van der Waals surface area (Å²) in [5, 5.41) is 0. The summed E-state index contributed by atoms with van der Waals surface area (Å²) in [6.07, 6.45) is 5.05. The second-order valence-corrected chi connectivity index (χ2v) is 4.36. The zero-order chi connectivity index (χ0) is 15.3. The Kier molecular flexibility index (Phi) is 8.72. The summed E-state index contributed by atoms with van der Waals surface area (Å²) in [5.41, 5.74) is 0. The molecule has 0 saturated carbocycles. The van der Waals surface area contributed by atoms with Gasteiger partial charge in [0.1, 0.15) is 5.75 Å². The fourth-order valence-corrected chi connectivity index (χ4v) is 1.67. The van der Waals surface area contributed by atoms with Crippen molar-refractivity contribution in [3.63, 3.8) is 0 Å². The number of carbonyl (C=O) groups is 1. The topological polar surface area (TPSA) is 54.0 Å². The molecule has 0 aliphatic heterocycles. The molecule has 0 spiro atoms. The first-order valence-electron chi connectivity index (χ1n) is 6.99. The molecule has 0 heterocycles. The number of hydrogen-bond acceptors (Lipinski definition) is 5. The van der Waals surface area contributed by atoms with Crippen LogP contribution in [-0.2, 0) is 14.4 Å². The molecule has 0 radical (unpaired) electrons. The molecule has 1 rings (SSSR count). The minimum Gasteiger partial charge on any atom is -0.494 e. The molecular weight excluding hydrogens is 272 g/mol. The Morgan fingerprint density at radius 3 is 2.29 bits per heavy atom. The summed E-state index contributed by atoms with van der Waals surface area (Å²) >= 11 is 0. The molecule has 0 atom stereocenters. The van der Waals surface area contributed by atoms with Gasteiger partial charge in [-0.3, -0.25) is 0 Å². The number of rotatable bonds is 11. The average molecular weight is 294 g/mol. The maximum Gasteiger partial charge on any atom is 0.330 e. The normalized spacial score (nSPS) is 9.95. The van der Waals surface area contributed by atoms with E-state index in [-0.39, 0.29) is 5.97 Å². The number of hydrogen-bond donors (Lipinski definition) is 0. The van der Waals surface area contributed by atoms with Gasteiger partial charge in [0.2, 0.25) is 0 Å². The van der Waals surface area contributed by atoms with Crippen LogP contribution in [0.3, 0.4) is 0 Å². The zero-order valence-corrected chi connectivity index (χ0v) is 12.4. The van der Waals surface area contributed by atoms with Crippen LogP contribution in [0.15, 0.2) is 36.9 Å². The lowest BCUT2D eigenvalue weighted by molar-refractivity contribution is -0.178. The van der Waals surface area contributed by atoms with Gasteiger partial charge < -0.3 is 14.4 Å². The van der Waals surface area contributed by atoms with Crippen molar-refractivity contribution < 1.29 is 24.0 Å². The van der Waals surface area contributed by atoms with E-state index in [1.165, 1.54) is 13.2 Å². The van der Waals surface area contributed by atoms with E-state index in [1.807, 2.05) is 12.1 Å². The monoisotopic (exact) mass is 294 g/mol. The average Bonchev–Trinajstić information content (AvgIpc) is 2.51. The Bertz CT molecular complexity index is 413. The van der Waals surface area contributed by atoms with Gasteiger partial charge in [0.05, 0.1) is 20.3 Å². The minimum absolute atomic E-state index is 0.362. The van der Waals surface area contributed by atoms with E-state index >= 15 is 0 Å². The molecule has 116 valence electrons. The van der Waals surface area contributed by atoms with Gasteiger partial charge in [-0.25, -0.2) is 4.79 Å². The third kappa shape index (κ3) is 7.99. The fraction of sp³-hybridized carbons (Fsp3) is 0.438. The standard InChI is InChI=1S/C16H22O5/c1-3-16(17)20-13-7-5-4-6-12-19-14-8-10-15(11-9-14)21-18-2/h3,8-11H,1,4-7,12-13H2,2H3. The van der Waals surface area contributed by atoms with E-state index in [4.69, 9.17) is 14.4 Å². The van der Waals surface area contributed by atoms with Crippen LogP contribution in [0.4, 0.5) is 0 Å². The lowest BCUT2D eigenvalue weighted by Gasteiger charge is -2.07. The molecule has 5 nitrogen and oxygen atoms in total.